The number of aromatic nitrogens is 3. The van der Waals surface area contributed by atoms with Gasteiger partial charge in [0.2, 0.25) is 0 Å². The highest BCUT2D eigenvalue weighted by Gasteiger charge is 2.04. The zero-order valence-corrected chi connectivity index (χ0v) is 12.5. The maximum atomic E-state index is 4.60. The van der Waals surface area contributed by atoms with Crippen LogP contribution in [0.3, 0.4) is 0 Å². The molecule has 0 aliphatic carbocycles. The molecule has 0 amide bonds. The van der Waals surface area contributed by atoms with E-state index in [4.69, 9.17) is 0 Å². The Balaban J connectivity index is 1.70. The molecule has 0 bridgehead atoms. The van der Waals surface area contributed by atoms with Gasteiger partial charge < -0.3 is 5.32 Å². The Labute approximate surface area is 130 Å². The smallest absolute Gasteiger partial charge is 0.161 e. The predicted octanol–water partition coefficient (Wildman–Crippen LogP) is 3.50. The quantitative estimate of drug-likeness (QED) is 0.781. The summed E-state index contributed by atoms with van der Waals surface area (Å²) in [6.07, 6.45) is 4.57. The van der Waals surface area contributed by atoms with Gasteiger partial charge in [-0.2, -0.15) is 0 Å². The minimum Gasteiger partial charge on any atom is -0.370 e. The second-order valence-electron chi connectivity index (χ2n) is 5.12. The van der Waals surface area contributed by atoms with E-state index in [1.54, 1.807) is 0 Å². The first-order valence-corrected chi connectivity index (χ1v) is 7.35. The van der Waals surface area contributed by atoms with Crippen molar-refractivity contribution in [1.29, 1.82) is 0 Å². The maximum absolute atomic E-state index is 4.60. The van der Waals surface area contributed by atoms with Crippen LogP contribution in [-0.2, 0) is 6.42 Å². The van der Waals surface area contributed by atoms with Crippen LogP contribution in [0.25, 0.3) is 11.4 Å². The molecular formula is C18H18N4. The molecule has 3 rings (SSSR count). The number of rotatable bonds is 5. The van der Waals surface area contributed by atoms with Crippen molar-refractivity contribution in [2.24, 2.45) is 0 Å². The summed E-state index contributed by atoms with van der Waals surface area (Å²) in [5.41, 5.74) is 3.25. The molecule has 0 fully saturated rings. The Morgan fingerprint density at radius 2 is 1.73 bits per heavy atom. The lowest BCUT2D eigenvalue weighted by Crippen LogP contribution is -2.07. The molecule has 22 heavy (non-hydrogen) atoms. The fourth-order valence-corrected chi connectivity index (χ4v) is 2.26. The summed E-state index contributed by atoms with van der Waals surface area (Å²) >= 11 is 0. The molecule has 1 N–H and O–H groups in total. The molecule has 0 aliphatic heterocycles. The highest BCUT2D eigenvalue weighted by molar-refractivity contribution is 5.57. The van der Waals surface area contributed by atoms with Crippen LogP contribution in [0.15, 0.2) is 60.9 Å². The van der Waals surface area contributed by atoms with Crippen LogP contribution in [0.5, 0.6) is 0 Å². The fourth-order valence-electron chi connectivity index (χ4n) is 2.26. The Hall–Kier alpha value is -2.75. The van der Waals surface area contributed by atoms with Crippen LogP contribution < -0.4 is 5.32 Å². The molecule has 110 valence electrons. The second-order valence-corrected chi connectivity index (χ2v) is 5.12. The average Bonchev–Trinajstić information content (AvgIpc) is 2.56. The van der Waals surface area contributed by atoms with E-state index < -0.39 is 0 Å². The third-order valence-electron chi connectivity index (χ3n) is 3.36. The maximum Gasteiger partial charge on any atom is 0.161 e. The third kappa shape index (κ3) is 3.67. The number of anilines is 1. The number of benzene rings is 1. The van der Waals surface area contributed by atoms with Crippen molar-refractivity contribution in [2.45, 2.75) is 13.3 Å². The van der Waals surface area contributed by atoms with E-state index in [1.165, 1.54) is 5.56 Å². The third-order valence-corrected chi connectivity index (χ3v) is 3.36. The molecule has 0 aliphatic rings. The highest BCUT2D eigenvalue weighted by Crippen LogP contribution is 2.17. The summed E-state index contributed by atoms with van der Waals surface area (Å²) in [7, 11) is 0. The van der Waals surface area contributed by atoms with Crippen molar-refractivity contribution in [3.05, 3.63) is 72.2 Å². The van der Waals surface area contributed by atoms with Crippen molar-refractivity contribution < 1.29 is 0 Å². The van der Waals surface area contributed by atoms with Gasteiger partial charge in [-0.25, -0.2) is 9.97 Å². The molecule has 3 aromatic rings. The van der Waals surface area contributed by atoms with E-state index >= 15 is 0 Å². The summed E-state index contributed by atoms with van der Waals surface area (Å²) in [6, 6.07) is 16.1. The van der Waals surface area contributed by atoms with Crippen LogP contribution in [0, 0.1) is 6.92 Å². The minimum atomic E-state index is 0.756. The van der Waals surface area contributed by atoms with Gasteiger partial charge in [0.1, 0.15) is 5.82 Å². The summed E-state index contributed by atoms with van der Waals surface area (Å²) in [4.78, 5) is 13.1. The van der Waals surface area contributed by atoms with Gasteiger partial charge in [0.05, 0.1) is 0 Å². The molecule has 0 atom stereocenters. The lowest BCUT2D eigenvalue weighted by molar-refractivity contribution is 0.990. The van der Waals surface area contributed by atoms with E-state index in [0.29, 0.717) is 0 Å². The van der Waals surface area contributed by atoms with Gasteiger partial charge in [-0.05, 0) is 31.0 Å². The number of nitrogens with zero attached hydrogens (tertiary/aromatic N) is 3. The van der Waals surface area contributed by atoms with Gasteiger partial charge in [-0.15, -0.1) is 0 Å². The van der Waals surface area contributed by atoms with Crippen molar-refractivity contribution >= 4 is 5.82 Å². The minimum absolute atomic E-state index is 0.756. The lowest BCUT2D eigenvalue weighted by atomic mass is 10.2. The molecule has 2 aromatic heterocycles. The number of hydrogen-bond acceptors (Lipinski definition) is 4. The van der Waals surface area contributed by atoms with Crippen LogP contribution in [0.4, 0.5) is 5.82 Å². The Morgan fingerprint density at radius 3 is 2.50 bits per heavy atom. The molecule has 4 nitrogen and oxygen atoms in total. The van der Waals surface area contributed by atoms with Gasteiger partial charge in [0.15, 0.2) is 5.82 Å². The molecule has 0 radical (unpaired) electrons. The van der Waals surface area contributed by atoms with E-state index in [9.17, 15) is 0 Å². The summed E-state index contributed by atoms with van der Waals surface area (Å²) in [5, 5.41) is 3.37. The Kier molecular flexibility index (Phi) is 4.39. The first kappa shape index (κ1) is 14.2. The zero-order chi connectivity index (χ0) is 15.2. The van der Waals surface area contributed by atoms with Crippen molar-refractivity contribution in [2.75, 3.05) is 11.9 Å². The largest absolute Gasteiger partial charge is 0.370 e. The van der Waals surface area contributed by atoms with E-state index in [1.807, 2.05) is 67.8 Å². The second kappa shape index (κ2) is 6.80. The molecule has 4 heteroatoms. The average molecular weight is 290 g/mol. The van der Waals surface area contributed by atoms with Gasteiger partial charge in [-0.3, -0.25) is 4.98 Å². The number of pyridine rings is 1. The number of aryl methyl sites for hydroxylation is 1. The standard InChI is InChI=1S/C18H18N4/c1-14-13-17(20-12-9-15-7-10-19-11-8-15)22-18(21-14)16-5-3-2-4-6-16/h2-8,10-11,13H,9,12H2,1H3,(H,20,21,22). The first-order valence-electron chi connectivity index (χ1n) is 7.35. The fraction of sp³-hybridized carbons (Fsp3) is 0.167. The Morgan fingerprint density at radius 1 is 0.955 bits per heavy atom. The van der Waals surface area contributed by atoms with Gasteiger partial charge in [0.25, 0.3) is 0 Å². The van der Waals surface area contributed by atoms with E-state index in [-0.39, 0.29) is 0 Å². The van der Waals surface area contributed by atoms with Crippen molar-refractivity contribution in [3.63, 3.8) is 0 Å². The summed E-state index contributed by atoms with van der Waals surface area (Å²) < 4.78 is 0. The molecular weight excluding hydrogens is 272 g/mol. The van der Waals surface area contributed by atoms with Gasteiger partial charge in [-0.1, -0.05) is 30.3 Å². The highest BCUT2D eigenvalue weighted by atomic mass is 15.0. The van der Waals surface area contributed by atoms with Crippen LogP contribution in [-0.4, -0.2) is 21.5 Å². The molecule has 1 aromatic carbocycles. The first-order chi connectivity index (χ1) is 10.8. The normalized spacial score (nSPS) is 10.4. The number of nitrogens with one attached hydrogen (secondary N) is 1. The monoisotopic (exact) mass is 290 g/mol. The van der Waals surface area contributed by atoms with Crippen LogP contribution in [0.1, 0.15) is 11.3 Å². The van der Waals surface area contributed by atoms with Crippen molar-refractivity contribution in [3.8, 4) is 11.4 Å². The zero-order valence-electron chi connectivity index (χ0n) is 12.5. The topological polar surface area (TPSA) is 50.7 Å². The summed E-state index contributed by atoms with van der Waals surface area (Å²) in [6.45, 7) is 2.82. The van der Waals surface area contributed by atoms with E-state index in [0.717, 1.165) is 35.9 Å². The van der Waals surface area contributed by atoms with Gasteiger partial charge in [0, 0.05) is 36.3 Å². The molecule has 2 heterocycles. The van der Waals surface area contributed by atoms with Crippen LogP contribution in [0.2, 0.25) is 0 Å². The van der Waals surface area contributed by atoms with Crippen LogP contribution >= 0.6 is 0 Å². The molecule has 0 saturated carbocycles. The molecule has 0 unspecified atom stereocenters. The predicted molar refractivity (Wildman–Crippen MR) is 88.6 cm³/mol. The van der Waals surface area contributed by atoms with Gasteiger partial charge >= 0.3 is 0 Å². The lowest BCUT2D eigenvalue weighted by Gasteiger charge is -2.08. The van der Waals surface area contributed by atoms with Crippen molar-refractivity contribution in [1.82, 2.24) is 15.0 Å². The van der Waals surface area contributed by atoms with E-state index in [2.05, 4.69) is 20.3 Å². The molecule has 0 saturated heterocycles. The Bertz CT molecular complexity index is 727. The SMILES string of the molecule is Cc1cc(NCCc2ccncc2)nc(-c2ccccc2)n1. The molecule has 0 spiro atoms. The summed E-state index contributed by atoms with van der Waals surface area (Å²) in [5.74, 6) is 1.62. The number of hydrogen-bond donors (Lipinski definition) is 1.